The lowest BCUT2D eigenvalue weighted by Gasteiger charge is -2.25. The van der Waals surface area contributed by atoms with Crippen LogP contribution in [0.4, 0.5) is 0 Å². The van der Waals surface area contributed by atoms with E-state index >= 15 is 0 Å². The second kappa shape index (κ2) is 4.00. The van der Waals surface area contributed by atoms with Crippen LogP contribution in [0.2, 0.25) is 0 Å². The molecule has 0 unspecified atom stereocenters. The number of rotatable bonds is 2. The molecule has 1 aliphatic heterocycles. The van der Waals surface area contributed by atoms with Crippen LogP contribution in [0.15, 0.2) is 10.8 Å². The predicted octanol–water partition coefficient (Wildman–Crippen LogP) is 2.86. The third-order valence-electron chi connectivity index (χ3n) is 2.73. The standard InChI is InChI=1S/C11H16BrN3/c1-4-8-6-14(3)7-9-11(12)13-10(5-2)15(8)9/h6H,4-5,7H2,1-3H3. The molecule has 0 bridgehead atoms. The van der Waals surface area contributed by atoms with Crippen LogP contribution in [0, 0.1) is 0 Å². The zero-order chi connectivity index (χ0) is 11.0. The highest BCUT2D eigenvalue weighted by Gasteiger charge is 2.21. The topological polar surface area (TPSA) is 21.1 Å². The first kappa shape index (κ1) is 10.7. The van der Waals surface area contributed by atoms with Crippen LogP contribution in [0.25, 0.3) is 5.70 Å². The predicted molar refractivity (Wildman–Crippen MR) is 65.3 cm³/mol. The number of hydrogen-bond acceptors (Lipinski definition) is 2. The number of aryl methyl sites for hydroxylation is 1. The molecular weight excluding hydrogens is 254 g/mol. The van der Waals surface area contributed by atoms with Gasteiger partial charge >= 0.3 is 0 Å². The molecule has 0 saturated carbocycles. The lowest BCUT2D eigenvalue weighted by Crippen LogP contribution is -2.21. The van der Waals surface area contributed by atoms with Crippen molar-refractivity contribution in [3.8, 4) is 0 Å². The van der Waals surface area contributed by atoms with Crippen molar-refractivity contribution >= 4 is 21.6 Å². The number of nitrogens with zero attached hydrogens (tertiary/aromatic N) is 3. The summed E-state index contributed by atoms with van der Waals surface area (Å²) < 4.78 is 3.29. The maximum Gasteiger partial charge on any atom is 0.129 e. The zero-order valence-electron chi connectivity index (χ0n) is 9.42. The van der Waals surface area contributed by atoms with Crippen LogP contribution < -0.4 is 0 Å². The Morgan fingerprint density at radius 1 is 1.40 bits per heavy atom. The van der Waals surface area contributed by atoms with Gasteiger partial charge in [0.15, 0.2) is 0 Å². The van der Waals surface area contributed by atoms with Crippen LogP contribution >= 0.6 is 15.9 Å². The molecule has 0 N–H and O–H groups in total. The van der Waals surface area contributed by atoms with Crippen LogP contribution in [-0.2, 0) is 13.0 Å². The van der Waals surface area contributed by atoms with Crippen molar-refractivity contribution in [2.24, 2.45) is 0 Å². The summed E-state index contributed by atoms with van der Waals surface area (Å²) in [6.45, 7) is 5.26. The molecule has 0 radical (unpaired) electrons. The molecule has 1 aromatic rings. The van der Waals surface area contributed by atoms with E-state index in [1.54, 1.807) is 0 Å². The molecule has 0 aromatic carbocycles. The smallest absolute Gasteiger partial charge is 0.129 e. The maximum absolute atomic E-state index is 4.56. The molecule has 0 amide bonds. The molecule has 82 valence electrons. The van der Waals surface area contributed by atoms with Crippen molar-refractivity contribution in [3.63, 3.8) is 0 Å². The number of fused-ring (bicyclic) bond motifs is 1. The average molecular weight is 270 g/mol. The Bertz CT molecular complexity index is 406. The fraction of sp³-hybridized carbons (Fsp3) is 0.545. The van der Waals surface area contributed by atoms with Crippen LogP contribution in [0.3, 0.4) is 0 Å². The number of halogens is 1. The van der Waals surface area contributed by atoms with E-state index in [1.165, 1.54) is 11.4 Å². The summed E-state index contributed by atoms with van der Waals surface area (Å²) in [5, 5.41) is 0. The summed E-state index contributed by atoms with van der Waals surface area (Å²) in [7, 11) is 2.10. The minimum Gasteiger partial charge on any atom is -0.373 e. The Morgan fingerprint density at radius 2 is 2.13 bits per heavy atom. The van der Waals surface area contributed by atoms with Gasteiger partial charge in [0.05, 0.1) is 12.2 Å². The quantitative estimate of drug-likeness (QED) is 0.824. The molecular formula is C11H16BrN3. The van der Waals surface area contributed by atoms with Gasteiger partial charge in [-0.3, -0.25) is 0 Å². The summed E-state index contributed by atoms with van der Waals surface area (Å²) in [6, 6.07) is 0. The van der Waals surface area contributed by atoms with Crippen LogP contribution in [0.5, 0.6) is 0 Å². The van der Waals surface area contributed by atoms with Gasteiger partial charge in [-0.15, -0.1) is 0 Å². The van der Waals surface area contributed by atoms with Gasteiger partial charge in [-0.25, -0.2) is 4.98 Å². The molecule has 2 heterocycles. The van der Waals surface area contributed by atoms with Gasteiger partial charge in [0, 0.05) is 25.4 Å². The van der Waals surface area contributed by atoms with Gasteiger partial charge in [0.1, 0.15) is 10.4 Å². The normalized spacial score (nSPS) is 15.2. The summed E-state index contributed by atoms with van der Waals surface area (Å²) in [5.41, 5.74) is 2.60. The Hall–Kier alpha value is -0.770. The fourth-order valence-corrected chi connectivity index (χ4v) is 2.54. The van der Waals surface area contributed by atoms with E-state index in [0.717, 1.165) is 29.8 Å². The van der Waals surface area contributed by atoms with Crippen LogP contribution in [-0.4, -0.2) is 21.5 Å². The molecule has 15 heavy (non-hydrogen) atoms. The summed E-state index contributed by atoms with van der Waals surface area (Å²) in [4.78, 5) is 6.76. The summed E-state index contributed by atoms with van der Waals surface area (Å²) >= 11 is 3.54. The third kappa shape index (κ3) is 1.71. The van der Waals surface area contributed by atoms with Crippen molar-refractivity contribution in [2.45, 2.75) is 33.2 Å². The minimum absolute atomic E-state index is 0.928. The van der Waals surface area contributed by atoms with Gasteiger partial charge in [0.25, 0.3) is 0 Å². The molecule has 0 saturated heterocycles. The molecule has 0 aliphatic carbocycles. The Kier molecular flexibility index (Phi) is 2.87. The number of aromatic nitrogens is 2. The first-order chi connectivity index (χ1) is 7.17. The van der Waals surface area contributed by atoms with Gasteiger partial charge in [-0.1, -0.05) is 13.8 Å². The average Bonchev–Trinajstić information content (AvgIpc) is 2.55. The van der Waals surface area contributed by atoms with Crippen molar-refractivity contribution in [2.75, 3.05) is 7.05 Å². The molecule has 0 spiro atoms. The summed E-state index contributed by atoms with van der Waals surface area (Å²) in [5.74, 6) is 1.15. The Labute approximate surface area is 98.9 Å². The van der Waals surface area contributed by atoms with E-state index in [1.807, 2.05) is 0 Å². The van der Waals surface area contributed by atoms with Crippen LogP contribution in [0.1, 0.15) is 31.8 Å². The van der Waals surface area contributed by atoms with Gasteiger partial charge in [-0.05, 0) is 22.4 Å². The van der Waals surface area contributed by atoms with Crippen molar-refractivity contribution in [1.29, 1.82) is 0 Å². The molecule has 1 aromatic heterocycles. The lowest BCUT2D eigenvalue weighted by molar-refractivity contribution is 0.422. The van der Waals surface area contributed by atoms with E-state index in [2.05, 4.69) is 57.5 Å². The first-order valence-corrected chi connectivity index (χ1v) is 6.14. The molecule has 3 nitrogen and oxygen atoms in total. The van der Waals surface area contributed by atoms with Crippen molar-refractivity contribution in [1.82, 2.24) is 14.5 Å². The second-order valence-corrected chi connectivity index (χ2v) is 4.59. The van der Waals surface area contributed by atoms with Crippen molar-refractivity contribution in [3.05, 3.63) is 22.3 Å². The molecule has 0 atom stereocenters. The van der Waals surface area contributed by atoms with Gasteiger partial charge < -0.3 is 9.47 Å². The summed E-state index contributed by atoms with van der Waals surface area (Å²) in [6.07, 6.45) is 4.22. The SMILES string of the molecule is CCC1=CN(C)Cc2c(Br)nc(CC)n21. The molecule has 1 aliphatic rings. The van der Waals surface area contributed by atoms with Gasteiger partial charge in [0.2, 0.25) is 0 Å². The maximum atomic E-state index is 4.56. The number of hydrogen-bond donors (Lipinski definition) is 0. The van der Waals surface area contributed by atoms with Crippen molar-refractivity contribution < 1.29 is 0 Å². The number of allylic oxidation sites excluding steroid dienone is 1. The fourth-order valence-electron chi connectivity index (χ4n) is 2.03. The Balaban J connectivity index is 2.57. The Morgan fingerprint density at radius 3 is 2.73 bits per heavy atom. The molecule has 0 fully saturated rings. The van der Waals surface area contributed by atoms with E-state index < -0.39 is 0 Å². The first-order valence-electron chi connectivity index (χ1n) is 5.34. The largest absolute Gasteiger partial charge is 0.373 e. The van der Waals surface area contributed by atoms with E-state index in [-0.39, 0.29) is 0 Å². The van der Waals surface area contributed by atoms with Gasteiger partial charge in [-0.2, -0.15) is 0 Å². The van der Waals surface area contributed by atoms with E-state index in [0.29, 0.717) is 0 Å². The highest BCUT2D eigenvalue weighted by Crippen LogP contribution is 2.28. The lowest BCUT2D eigenvalue weighted by atomic mass is 10.2. The minimum atomic E-state index is 0.928. The second-order valence-electron chi connectivity index (χ2n) is 3.84. The van der Waals surface area contributed by atoms with E-state index in [4.69, 9.17) is 0 Å². The van der Waals surface area contributed by atoms with E-state index in [9.17, 15) is 0 Å². The molecule has 4 heteroatoms. The number of imidazole rings is 1. The molecule has 2 rings (SSSR count). The monoisotopic (exact) mass is 269 g/mol. The highest BCUT2D eigenvalue weighted by molar-refractivity contribution is 9.10. The zero-order valence-corrected chi connectivity index (χ0v) is 11.0. The third-order valence-corrected chi connectivity index (χ3v) is 3.36. The highest BCUT2D eigenvalue weighted by atomic mass is 79.9.